The summed E-state index contributed by atoms with van der Waals surface area (Å²) in [5.41, 5.74) is 5.40. The highest BCUT2D eigenvalue weighted by Gasteiger charge is 2.29. The van der Waals surface area contributed by atoms with E-state index in [1.54, 1.807) is 0 Å². The van der Waals surface area contributed by atoms with Gasteiger partial charge < -0.3 is 11.1 Å². The van der Waals surface area contributed by atoms with Gasteiger partial charge >= 0.3 is 0 Å². The highest BCUT2D eigenvalue weighted by molar-refractivity contribution is 5.85. The van der Waals surface area contributed by atoms with Gasteiger partial charge in [-0.2, -0.15) is 0 Å². The first kappa shape index (κ1) is 15.5. The predicted molar refractivity (Wildman–Crippen MR) is 76.2 cm³/mol. The second kappa shape index (κ2) is 7.13. The standard InChI is InChI=1S/C15H30N2O/c1-4-15(16,5-2)14(18)17-10-9-13-8-6-7-12(3)11-13/h12-13H,4-11,16H2,1-3H3,(H,17,18). The lowest BCUT2D eigenvalue weighted by Crippen LogP contribution is -2.53. The molecular weight excluding hydrogens is 224 g/mol. The lowest BCUT2D eigenvalue weighted by molar-refractivity contribution is -0.126. The molecular formula is C15H30N2O. The van der Waals surface area contributed by atoms with E-state index in [0.717, 1.165) is 24.8 Å². The summed E-state index contributed by atoms with van der Waals surface area (Å²) in [6, 6.07) is 0. The maximum atomic E-state index is 12.0. The second-order valence-electron chi connectivity index (χ2n) is 6.05. The Morgan fingerprint density at radius 1 is 1.33 bits per heavy atom. The van der Waals surface area contributed by atoms with Gasteiger partial charge in [0.05, 0.1) is 5.54 Å². The minimum atomic E-state index is -0.667. The molecule has 0 aromatic rings. The largest absolute Gasteiger partial charge is 0.354 e. The molecule has 0 aliphatic heterocycles. The molecule has 0 saturated heterocycles. The Kier molecular flexibility index (Phi) is 6.13. The summed E-state index contributed by atoms with van der Waals surface area (Å²) < 4.78 is 0. The molecule has 106 valence electrons. The van der Waals surface area contributed by atoms with E-state index >= 15 is 0 Å². The van der Waals surface area contributed by atoms with Gasteiger partial charge in [0.1, 0.15) is 0 Å². The monoisotopic (exact) mass is 254 g/mol. The third kappa shape index (κ3) is 4.27. The van der Waals surface area contributed by atoms with E-state index in [1.165, 1.54) is 25.7 Å². The Hall–Kier alpha value is -0.570. The van der Waals surface area contributed by atoms with Crippen LogP contribution >= 0.6 is 0 Å². The molecule has 1 amide bonds. The zero-order valence-electron chi connectivity index (χ0n) is 12.3. The first-order valence-corrected chi connectivity index (χ1v) is 7.59. The molecule has 18 heavy (non-hydrogen) atoms. The molecule has 1 rings (SSSR count). The summed E-state index contributed by atoms with van der Waals surface area (Å²) in [7, 11) is 0. The van der Waals surface area contributed by atoms with Gasteiger partial charge in [0.25, 0.3) is 0 Å². The Bertz CT molecular complexity index is 261. The average molecular weight is 254 g/mol. The van der Waals surface area contributed by atoms with Crippen molar-refractivity contribution in [2.45, 2.75) is 71.3 Å². The molecule has 1 aliphatic rings. The molecule has 2 unspecified atom stereocenters. The Labute approximate surface area is 112 Å². The molecule has 2 atom stereocenters. The molecule has 0 aromatic heterocycles. The van der Waals surface area contributed by atoms with E-state index < -0.39 is 5.54 Å². The zero-order chi connectivity index (χ0) is 13.6. The van der Waals surface area contributed by atoms with Gasteiger partial charge in [-0.15, -0.1) is 0 Å². The van der Waals surface area contributed by atoms with E-state index in [2.05, 4.69) is 12.2 Å². The number of carbonyl (C=O) groups excluding carboxylic acids is 1. The van der Waals surface area contributed by atoms with Crippen molar-refractivity contribution >= 4 is 5.91 Å². The van der Waals surface area contributed by atoms with Crippen LogP contribution in [0.1, 0.15) is 65.7 Å². The van der Waals surface area contributed by atoms with Crippen LogP contribution in [0, 0.1) is 11.8 Å². The fourth-order valence-corrected chi connectivity index (χ4v) is 2.96. The molecule has 0 spiro atoms. The zero-order valence-corrected chi connectivity index (χ0v) is 12.3. The van der Waals surface area contributed by atoms with Crippen molar-refractivity contribution < 1.29 is 4.79 Å². The summed E-state index contributed by atoms with van der Waals surface area (Å²) >= 11 is 0. The topological polar surface area (TPSA) is 55.1 Å². The molecule has 1 fully saturated rings. The first-order chi connectivity index (χ1) is 8.51. The molecule has 0 radical (unpaired) electrons. The SMILES string of the molecule is CCC(N)(CC)C(=O)NCCC1CCCC(C)C1. The molecule has 3 nitrogen and oxygen atoms in total. The van der Waals surface area contributed by atoms with Crippen LogP contribution in [0.4, 0.5) is 0 Å². The van der Waals surface area contributed by atoms with Crippen LogP contribution < -0.4 is 11.1 Å². The minimum Gasteiger partial charge on any atom is -0.354 e. The Morgan fingerprint density at radius 2 is 2.00 bits per heavy atom. The summed E-state index contributed by atoms with van der Waals surface area (Å²) in [6.07, 6.45) is 7.90. The van der Waals surface area contributed by atoms with Crippen molar-refractivity contribution in [3.8, 4) is 0 Å². The number of carbonyl (C=O) groups is 1. The van der Waals surface area contributed by atoms with Gasteiger partial charge in [0.2, 0.25) is 5.91 Å². The molecule has 1 saturated carbocycles. The Morgan fingerprint density at radius 3 is 2.56 bits per heavy atom. The number of hydrogen-bond acceptors (Lipinski definition) is 2. The van der Waals surface area contributed by atoms with Gasteiger partial charge in [0.15, 0.2) is 0 Å². The van der Waals surface area contributed by atoms with Crippen molar-refractivity contribution in [2.75, 3.05) is 6.54 Å². The summed E-state index contributed by atoms with van der Waals surface area (Å²) in [5, 5.41) is 3.02. The van der Waals surface area contributed by atoms with Gasteiger partial charge in [-0.05, 0) is 37.5 Å². The van der Waals surface area contributed by atoms with Crippen LogP contribution in [-0.2, 0) is 4.79 Å². The third-order valence-electron chi connectivity index (χ3n) is 4.60. The number of rotatable bonds is 6. The van der Waals surface area contributed by atoms with Crippen LogP contribution in [0.15, 0.2) is 0 Å². The van der Waals surface area contributed by atoms with Crippen molar-refractivity contribution in [3.05, 3.63) is 0 Å². The van der Waals surface area contributed by atoms with Crippen molar-refractivity contribution in [1.82, 2.24) is 5.32 Å². The first-order valence-electron chi connectivity index (χ1n) is 7.59. The molecule has 0 heterocycles. The normalized spacial score (nSPS) is 24.9. The van der Waals surface area contributed by atoms with Crippen LogP contribution in [-0.4, -0.2) is 18.0 Å². The molecule has 0 aromatic carbocycles. The van der Waals surface area contributed by atoms with E-state index in [9.17, 15) is 4.79 Å². The van der Waals surface area contributed by atoms with Crippen molar-refractivity contribution in [3.63, 3.8) is 0 Å². The summed E-state index contributed by atoms with van der Waals surface area (Å²) in [6.45, 7) is 7.08. The molecule has 3 heteroatoms. The number of hydrogen-bond donors (Lipinski definition) is 2. The fourth-order valence-electron chi connectivity index (χ4n) is 2.96. The van der Waals surface area contributed by atoms with E-state index in [4.69, 9.17) is 5.73 Å². The number of nitrogens with two attached hydrogens (primary N) is 1. The van der Waals surface area contributed by atoms with Crippen LogP contribution in [0.3, 0.4) is 0 Å². The highest BCUT2D eigenvalue weighted by Crippen LogP contribution is 2.30. The molecule has 3 N–H and O–H groups in total. The van der Waals surface area contributed by atoms with E-state index in [0.29, 0.717) is 12.8 Å². The van der Waals surface area contributed by atoms with Gasteiger partial charge in [-0.3, -0.25) is 4.79 Å². The lowest BCUT2D eigenvalue weighted by Gasteiger charge is -2.28. The fraction of sp³-hybridized carbons (Fsp3) is 0.933. The number of nitrogens with one attached hydrogen (secondary N) is 1. The summed E-state index contributed by atoms with van der Waals surface area (Å²) in [4.78, 5) is 12.0. The maximum Gasteiger partial charge on any atom is 0.240 e. The highest BCUT2D eigenvalue weighted by atomic mass is 16.2. The van der Waals surface area contributed by atoms with Gasteiger partial charge in [-0.1, -0.05) is 40.0 Å². The lowest BCUT2D eigenvalue weighted by atomic mass is 9.81. The van der Waals surface area contributed by atoms with Gasteiger partial charge in [-0.25, -0.2) is 0 Å². The average Bonchev–Trinajstić information content (AvgIpc) is 2.37. The molecule has 1 aliphatic carbocycles. The smallest absolute Gasteiger partial charge is 0.240 e. The van der Waals surface area contributed by atoms with Crippen LogP contribution in [0.25, 0.3) is 0 Å². The van der Waals surface area contributed by atoms with Crippen molar-refractivity contribution in [2.24, 2.45) is 17.6 Å². The van der Waals surface area contributed by atoms with Crippen LogP contribution in [0.5, 0.6) is 0 Å². The summed E-state index contributed by atoms with van der Waals surface area (Å²) in [5.74, 6) is 1.68. The second-order valence-corrected chi connectivity index (χ2v) is 6.05. The quantitative estimate of drug-likeness (QED) is 0.766. The van der Waals surface area contributed by atoms with Gasteiger partial charge in [0, 0.05) is 6.54 Å². The molecule has 0 bridgehead atoms. The maximum absolute atomic E-state index is 12.0. The van der Waals surface area contributed by atoms with Crippen molar-refractivity contribution in [1.29, 1.82) is 0 Å². The van der Waals surface area contributed by atoms with E-state index in [1.807, 2.05) is 13.8 Å². The number of amides is 1. The predicted octanol–water partition coefficient (Wildman–Crippen LogP) is 2.84. The van der Waals surface area contributed by atoms with E-state index in [-0.39, 0.29) is 5.91 Å². The van der Waals surface area contributed by atoms with Crippen LogP contribution in [0.2, 0.25) is 0 Å². The minimum absolute atomic E-state index is 0.0244. The Balaban J connectivity index is 2.26. The third-order valence-corrected chi connectivity index (χ3v) is 4.60.